The minimum Gasteiger partial charge on any atom is -0.381 e. The molecule has 0 bridgehead atoms. The first-order valence-electron chi connectivity index (χ1n) is 5.72. The Morgan fingerprint density at radius 1 is 1.53 bits per heavy atom. The van der Waals surface area contributed by atoms with Gasteiger partial charge in [0.05, 0.1) is 0 Å². The summed E-state index contributed by atoms with van der Waals surface area (Å²) in [5.74, 6) is 6.66. The van der Waals surface area contributed by atoms with Crippen molar-refractivity contribution in [3.8, 4) is 11.8 Å². The highest BCUT2D eigenvalue weighted by molar-refractivity contribution is 5.39. The van der Waals surface area contributed by atoms with E-state index in [0.29, 0.717) is 6.04 Å². The zero-order valence-corrected chi connectivity index (χ0v) is 10.2. The molecule has 15 heavy (non-hydrogen) atoms. The molecular weight excluding hydrogens is 182 g/mol. The van der Waals surface area contributed by atoms with Crippen molar-refractivity contribution < 1.29 is 0 Å². The van der Waals surface area contributed by atoms with Gasteiger partial charge in [-0.3, -0.25) is 0 Å². The first-order chi connectivity index (χ1) is 7.17. The third kappa shape index (κ3) is 3.47. The van der Waals surface area contributed by atoms with Crippen molar-refractivity contribution in [3.05, 3.63) is 23.4 Å². The Labute approximate surface area is 93.6 Å². The average Bonchev–Trinajstić information content (AvgIpc) is 2.56. The van der Waals surface area contributed by atoms with Gasteiger partial charge in [0, 0.05) is 17.8 Å². The quantitative estimate of drug-likeness (QED) is 0.679. The summed E-state index contributed by atoms with van der Waals surface area (Å²) >= 11 is 0. The van der Waals surface area contributed by atoms with Gasteiger partial charge >= 0.3 is 0 Å². The molecule has 1 heterocycles. The fraction of sp³-hybridized carbons (Fsp3) is 0.571. The molecule has 0 aliphatic carbocycles. The smallest absolute Gasteiger partial charge is 0.0457 e. The van der Waals surface area contributed by atoms with Crippen molar-refractivity contribution in [1.82, 2.24) is 5.32 Å². The van der Waals surface area contributed by atoms with Gasteiger partial charge in [0.2, 0.25) is 0 Å². The molecule has 0 saturated carbocycles. The summed E-state index contributed by atoms with van der Waals surface area (Å²) in [6.07, 6.45) is 6.56. The fourth-order valence-corrected chi connectivity index (χ4v) is 2.00. The number of allylic oxidation sites excluding steroid dienone is 3. The third-order valence-electron chi connectivity index (χ3n) is 2.64. The lowest BCUT2D eigenvalue weighted by atomic mass is 10.0. The van der Waals surface area contributed by atoms with Crippen molar-refractivity contribution >= 4 is 0 Å². The molecule has 0 aromatic rings. The van der Waals surface area contributed by atoms with Crippen molar-refractivity contribution in [2.75, 3.05) is 0 Å². The maximum Gasteiger partial charge on any atom is 0.0457 e. The molecule has 0 spiro atoms. The highest BCUT2D eigenvalue weighted by atomic mass is 15.0. The van der Waals surface area contributed by atoms with Gasteiger partial charge in [-0.05, 0) is 38.2 Å². The van der Waals surface area contributed by atoms with Gasteiger partial charge in [-0.2, -0.15) is 0 Å². The molecule has 1 nitrogen and oxygen atoms in total. The monoisotopic (exact) mass is 203 g/mol. The van der Waals surface area contributed by atoms with Crippen LogP contribution in [0.1, 0.15) is 40.5 Å². The Balaban J connectivity index is 2.70. The molecule has 1 atom stereocenters. The van der Waals surface area contributed by atoms with E-state index in [1.165, 1.54) is 17.7 Å². The van der Waals surface area contributed by atoms with Crippen LogP contribution in [0.5, 0.6) is 0 Å². The summed E-state index contributed by atoms with van der Waals surface area (Å²) in [6.45, 7) is 8.50. The number of nitrogens with one attached hydrogen (secondary N) is 1. The minimum absolute atomic E-state index is 0.598. The van der Waals surface area contributed by atoms with E-state index < -0.39 is 0 Å². The second-order valence-corrected chi connectivity index (χ2v) is 4.44. The topological polar surface area (TPSA) is 12.0 Å². The van der Waals surface area contributed by atoms with Gasteiger partial charge in [0.1, 0.15) is 0 Å². The highest BCUT2D eigenvalue weighted by Gasteiger charge is 2.22. The van der Waals surface area contributed by atoms with Crippen LogP contribution in [0.15, 0.2) is 23.4 Å². The first-order valence-corrected chi connectivity index (χ1v) is 5.72. The van der Waals surface area contributed by atoms with Gasteiger partial charge in [0.15, 0.2) is 0 Å². The molecule has 1 aliphatic heterocycles. The van der Waals surface area contributed by atoms with Crippen LogP contribution in [-0.2, 0) is 0 Å². The Hall–Kier alpha value is -1.16. The van der Waals surface area contributed by atoms with E-state index in [1.807, 2.05) is 13.0 Å². The summed E-state index contributed by atoms with van der Waals surface area (Å²) in [4.78, 5) is 0. The van der Waals surface area contributed by atoms with Crippen molar-refractivity contribution in [2.24, 2.45) is 5.92 Å². The Morgan fingerprint density at radius 2 is 2.27 bits per heavy atom. The van der Waals surface area contributed by atoms with Gasteiger partial charge in [0.25, 0.3) is 0 Å². The van der Waals surface area contributed by atoms with Crippen LogP contribution >= 0.6 is 0 Å². The Kier molecular flexibility index (Phi) is 4.49. The third-order valence-corrected chi connectivity index (χ3v) is 2.64. The molecule has 1 saturated heterocycles. The second-order valence-electron chi connectivity index (χ2n) is 4.44. The maximum atomic E-state index is 3.55. The van der Waals surface area contributed by atoms with Crippen molar-refractivity contribution in [3.63, 3.8) is 0 Å². The van der Waals surface area contributed by atoms with Crippen LogP contribution in [0.25, 0.3) is 0 Å². The van der Waals surface area contributed by atoms with E-state index in [0.717, 1.165) is 12.3 Å². The SMILES string of the molecule is CC#C/C=C1/NC(CC(C)C)C/C1=C/C. The van der Waals surface area contributed by atoms with E-state index in [-0.39, 0.29) is 0 Å². The van der Waals surface area contributed by atoms with Gasteiger partial charge in [-0.25, -0.2) is 0 Å². The lowest BCUT2D eigenvalue weighted by molar-refractivity contribution is 0.474. The van der Waals surface area contributed by atoms with Gasteiger partial charge in [-0.1, -0.05) is 25.8 Å². The largest absolute Gasteiger partial charge is 0.381 e. The van der Waals surface area contributed by atoms with E-state index in [1.54, 1.807) is 0 Å². The van der Waals surface area contributed by atoms with Crippen LogP contribution in [-0.4, -0.2) is 6.04 Å². The van der Waals surface area contributed by atoms with Crippen molar-refractivity contribution in [2.45, 2.75) is 46.6 Å². The number of rotatable bonds is 2. The molecule has 0 radical (unpaired) electrons. The molecule has 0 amide bonds. The van der Waals surface area contributed by atoms with Gasteiger partial charge < -0.3 is 5.32 Å². The summed E-state index contributed by atoms with van der Waals surface area (Å²) in [6, 6.07) is 0.598. The zero-order chi connectivity index (χ0) is 11.3. The van der Waals surface area contributed by atoms with Crippen LogP contribution in [0.3, 0.4) is 0 Å². The maximum absolute atomic E-state index is 3.55. The average molecular weight is 203 g/mol. The molecule has 1 rings (SSSR count). The molecule has 1 fully saturated rings. The first kappa shape index (κ1) is 11.9. The minimum atomic E-state index is 0.598. The van der Waals surface area contributed by atoms with Gasteiger partial charge in [-0.15, -0.1) is 5.92 Å². The zero-order valence-electron chi connectivity index (χ0n) is 10.2. The van der Waals surface area contributed by atoms with Crippen LogP contribution in [0, 0.1) is 17.8 Å². The summed E-state index contributed by atoms with van der Waals surface area (Å²) < 4.78 is 0. The predicted octanol–water partition coefficient (Wildman–Crippen LogP) is 3.25. The molecule has 1 aliphatic rings. The summed E-state index contributed by atoms with van der Waals surface area (Å²) in [7, 11) is 0. The van der Waals surface area contributed by atoms with E-state index in [4.69, 9.17) is 0 Å². The van der Waals surface area contributed by atoms with Crippen molar-refractivity contribution in [1.29, 1.82) is 0 Å². The molecule has 0 aromatic carbocycles. The van der Waals surface area contributed by atoms with E-state index in [2.05, 4.69) is 44.0 Å². The molecule has 0 aromatic heterocycles. The lowest BCUT2D eigenvalue weighted by Crippen LogP contribution is -2.21. The number of hydrogen-bond acceptors (Lipinski definition) is 1. The standard InChI is InChI=1S/C14H21N/c1-5-7-8-14-12(6-2)10-13(15-14)9-11(3)4/h6,8,11,13,15H,9-10H2,1-4H3/b12-6-,14-8+. The van der Waals surface area contributed by atoms with E-state index in [9.17, 15) is 0 Å². The van der Waals surface area contributed by atoms with E-state index >= 15 is 0 Å². The molecule has 1 N–H and O–H groups in total. The fourth-order valence-electron chi connectivity index (χ4n) is 2.00. The Bertz CT molecular complexity index is 323. The lowest BCUT2D eigenvalue weighted by Gasteiger charge is -2.12. The molecule has 1 heteroatoms. The normalized spacial score (nSPS) is 25.5. The molecule has 1 unspecified atom stereocenters. The summed E-state index contributed by atoms with van der Waals surface area (Å²) in [5.41, 5.74) is 2.63. The predicted molar refractivity (Wildman–Crippen MR) is 66.3 cm³/mol. The van der Waals surface area contributed by atoms with Crippen LogP contribution in [0.2, 0.25) is 0 Å². The van der Waals surface area contributed by atoms with Crippen LogP contribution in [0.4, 0.5) is 0 Å². The molecular formula is C14H21N. The molecule has 82 valence electrons. The number of hydrogen-bond donors (Lipinski definition) is 1. The second kappa shape index (κ2) is 5.66. The summed E-state index contributed by atoms with van der Waals surface area (Å²) in [5, 5.41) is 3.55. The highest BCUT2D eigenvalue weighted by Crippen LogP contribution is 2.26. The van der Waals surface area contributed by atoms with Crippen LogP contribution < -0.4 is 5.32 Å². The Morgan fingerprint density at radius 3 is 2.80 bits per heavy atom.